The molecule has 3 aromatic rings. The predicted molar refractivity (Wildman–Crippen MR) is 99.2 cm³/mol. The number of amides is 1. The minimum Gasteiger partial charge on any atom is -0.351 e. The van der Waals surface area contributed by atoms with Gasteiger partial charge in [0.2, 0.25) is 5.43 Å². The van der Waals surface area contributed by atoms with Crippen LogP contribution in [0.3, 0.4) is 0 Å². The summed E-state index contributed by atoms with van der Waals surface area (Å²) in [6.45, 7) is 2.43. The minimum atomic E-state index is -4.57. The Labute approximate surface area is 158 Å². The minimum absolute atomic E-state index is 0.131. The zero-order valence-electron chi connectivity index (χ0n) is 15.1. The highest BCUT2D eigenvalue weighted by Gasteiger charge is 2.31. The van der Waals surface area contributed by atoms with Crippen molar-refractivity contribution in [2.24, 2.45) is 0 Å². The monoisotopic (exact) mass is 389 g/mol. The molecule has 2 heterocycles. The van der Waals surface area contributed by atoms with E-state index in [0.717, 1.165) is 17.8 Å². The second-order valence-corrected chi connectivity index (χ2v) is 6.21. The zero-order valence-corrected chi connectivity index (χ0v) is 15.1. The summed E-state index contributed by atoms with van der Waals surface area (Å²) in [5.41, 5.74) is -0.698. The molecule has 0 saturated heterocycles. The van der Waals surface area contributed by atoms with Gasteiger partial charge in [0, 0.05) is 43.0 Å². The van der Waals surface area contributed by atoms with Gasteiger partial charge in [0.1, 0.15) is 5.56 Å². The van der Waals surface area contributed by atoms with E-state index >= 15 is 0 Å². The summed E-state index contributed by atoms with van der Waals surface area (Å²) in [6.07, 6.45) is -1.08. The Kier molecular flexibility index (Phi) is 5.48. The summed E-state index contributed by atoms with van der Waals surface area (Å²) in [5, 5.41) is 2.50. The van der Waals surface area contributed by atoms with Gasteiger partial charge in [-0.1, -0.05) is 6.07 Å². The summed E-state index contributed by atoms with van der Waals surface area (Å²) >= 11 is 0. The van der Waals surface area contributed by atoms with Crippen LogP contribution in [0.1, 0.15) is 28.5 Å². The molecule has 0 fully saturated rings. The molecule has 0 radical (unpaired) electrons. The van der Waals surface area contributed by atoms with Gasteiger partial charge in [-0.2, -0.15) is 13.2 Å². The van der Waals surface area contributed by atoms with E-state index in [1.807, 2.05) is 12.1 Å². The molecule has 0 aliphatic carbocycles. The molecular formula is C20H18F3N3O2. The summed E-state index contributed by atoms with van der Waals surface area (Å²) in [6, 6.07) is 8.40. The average molecular weight is 389 g/mol. The van der Waals surface area contributed by atoms with Gasteiger partial charge in [0.15, 0.2) is 0 Å². The van der Waals surface area contributed by atoms with Crippen LogP contribution in [0.2, 0.25) is 0 Å². The van der Waals surface area contributed by atoms with Gasteiger partial charge in [0.05, 0.1) is 11.1 Å². The molecule has 0 aliphatic rings. The van der Waals surface area contributed by atoms with Crippen LogP contribution < -0.4 is 10.7 Å². The van der Waals surface area contributed by atoms with Crippen molar-refractivity contribution in [3.63, 3.8) is 0 Å². The second kappa shape index (κ2) is 7.84. The molecule has 0 bridgehead atoms. The number of pyridine rings is 2. The van der Waals surface area contributed by atoms with Crippen molar-refractivity contribution >= 4 is 16.8 Å². The van der Waals surface area contributed by atoms with Crippen LogP contribution in [0.15, 0.2) is 53.6 Å². The van der Waals surface area contributed by atoms with Crippen LogP contribution in [0.25, 0.3) is 10.9 Å². The average Bonchev–Trinajstić information content (AvgIpc) is 2.68. The van der Waals surface area contributed by atoms with E-state index in [4.69, 9.17) is 0 Å². The summed E-state index contributed by atoms with van der Waals surface area (Å²) < 4.78 is 40.7. The molecule has 8 heteroatoms. The summed E-state index contributed by atoms with van der Waals surface area (Å²) in [7, 11) is 0. The first kappa shape index (κ1) is 19.6. The number of nitrogens with zero attached hydrogens (tertiary/aromatic N) is 2. The number of fused-ring (bicyclic) bond motifs is 1. The molecule has 3 rings (SSSR count). The summed E-state index contributed by atoms with van der Waals surface area (Å²) in [5.74, 6) is -0.623. The molecule has 1 aromatic carbocycles. The van der Waals surface area contributed by atoms with E-state index < -0.39 is 23.1 Å². The van der Waals surface area contributed by atoms with Gasteiger partial charge in [-0.25, -0.2) is 0 Å². The van der Waals surface area contributed by atoms with Gasteiger partial charge < -0.3 is 9.88 Å². The zero-order chi connectivity index (χ0) is 20.3. The molecule has 0 spiro atoms. The molecular weight excluding hydrogens is 371 g/mol. The topological polar surface area (TPSA) is 64.0 Å². The normalized spacial score (nSPS) is 11.6. The molecule has 0 saturated carbocycles. The Hall–Kier alpha value is -3.16. The largest absolute Gasteiger partial charge is 0.416 e. The highest BCUT2D eigenvalue weighted by molar-refractivity contribution is 5.97. The lowest BCUT2D eigenvalue weighted by molar-refractivity contribution is -0.137. The maximum atomic E-state index is 13.0. The van der Waals surface area contributed by atoms with Gasteiger partial charge >= 0.3 is 6.18 Å². The van der Waals surface area contributed by atoms with Crippen LogP contribution in [-0.2, 0) is 19.1 Å². The van der Waals surface area contributed by atoms with Gasteiger partial charge in [0.25, 0.3) is 5.91 Å². The lowest BCUT2D eigenvalue weighted by Gasteiger charge is -2.14. The lowest BCUT2D eigenvalue weighted by Crippen LogP contribution is -2.31. The van der Waals surface area contributed by atoms with E-state index in [0.29, 0.717) is 18.5 Å². The number of carbonyl (C=O) groups excluding carboxylic acids is 1. The second-order valence-electron chi connectivity index (χ2n) is 6.21. The van der Waals surface area contributed by atoms with E-state index in [1.54, 1.807) is 23.8 Å². The van der Waals surface area contributed by atoms with E-state index in [1.165, 1.54) is 12.3 Å². The van der Waals surface area contributed by atoms with Crippen molar-refractivity contribution in [1.82, 2.24) is 14.9 Å². The number of alkyl halides is 3. The maximum absolute atomic E-state index is 13.0. The molecule has 28 heavy (non-hydrogen) atoms. The van der Waals surface area contributed by atoms with Gasteiger partial charge in [-0.15, -0.1) is 0 Å². The molecule has 0 aliphatic heterocycles. The third-order valence-electron chi connectivity index (χ3n) is 4.39. The Morgan fingerprint density at radius 1 is 1.21 bits per heavy atom. The predicted octanol–water partition coefficient (Wildman–Crippen LogP) is 3.41. The Bertz CT molecular complexity index is 1060. The fourth-order valence-corrected chi connectivity index (χ4v) is 2.94. The van der Waals surface area contributed by atoms with Crippen LogP contribution in [0, 0.1) is 0 Å². The van der Waals surface area contributed by atoms with Crippen LogP contribution in [-0.4, -0.2) is 22.0 Å². The van der Waals surface area contributed by atoms with E-state index in [9.17, 15) is 22.8 Å². The van der Waals surface area contributed by atoms with Gasteiger partial charge in [-0.05, 0) is 37.3 Å². The third-order valence-corrected chi connectivity index (χ3v) is 4.39. The Balaban J connectivity index is 1.92. The van der Waals surface area contributed by atoms with Crippen molar-refractivity contribution in [2.45, 2.75) is 26.1 Å². The molecule has 5 nitrogen and oxygen atoms in total. The quantitative estimate of drug-likeness (QED) is 0.727. The van der Waals surface area contributed by atoms with Crippen molar-refractivity contribution in [3.05, 3.63) is 75.8 Å². The summed E-state index contributed by atoms with van der Waals surface area (Å²) in [4.78, 5) is 29.3. The van der Waals surface area contributed by atoms with E-state index in [2.05, 4.69) is 10.3 Å². The van der Waals surface area contributed by atoms with Crippen LogP contribution in [0.4, 0.5) is 13.2 Å². The number of hydrogen-bond acceptors (Lipinski definition) is 3. The van der Waals surface area contributed by atoms with Crippen LogP contribution >= 0.6 is 0 Å². The van der Waals surface area contributed by atoms with E-state index in [-0.39, 0.29) is 17.5 Å². The SMILES string of the molecule is CCn1cc(C(=O)NCCc2ccccn2)c(=O)c2cc(C(F)(F)F)ccc21. The third kappa shape index (κ3) is 4.05. The molecule has 1 N–H and O–H groups in total. The van der Waals surface area contributed by atoms with Crippen molar-refractivity contribution in [2.75, 3.05) is 6.54 Å². The highest BCUT2D eigenvalue weighted by Crippen LogP contribution is 2.30. The molecule has 0 atom stereocenters. The fraction of sp³-hybridized carbons (Fsp3) is 0.250. The molecule has 146 valence electrons. The van der Waals surface area contributed by atoms with Crippen LogP contribution in [0.5, 0.6) is 0 Å². The Morgan fingerprint density at radius 2 is 2.00 bits per heavy atom. The smallest absolute Gasteiger partial charge is 0.351 e. The first-order valence-corrected chi connectivity index (χ1v) is 8.73. The fourth-order valence-electron chi connectivity index (χ4n) is 2.94. The first-order valence-electron chi connectivity index (χ1n) is 8.73. The number of nitrogens with one attached hydrogen (secondary N) is 1. The number of aromatic nitrogens is 2. The number of aryl methyl sites for hydroxylation is 1. The Morgan fingerprint density at radius 3 is 2.64 bits per heavy atom. The standard InChI is InChI=1S/C20H18F3N3O2/c1-2-26-12-16(19(28)25-10-8-14-5-3-4-9-24-14)18(27)15-11-13(20(21,22)23)6-7-17(15)26/h3-7,9,11-12H,2,8,10H2,1H3,(H,25,28). The number of halogens is 3. The number of benzene rings is 1. The maximum Gasteiger partial charge on any atom is 0.416 e. The number of carbonyl (C=O) groups is 1. The van der Waals surface area contributed by atoms with Crippen molar-refractivity contribution < 1.29 is 18.0 Å². The molecule has 0 unspecified atom stereocenters. The number of rotatable bonds is 5. The molecule has 2 aromatic heterocycles. The van der Waals surface area contributed by atoms with Crippen molar-refractivity contribution in [3.8, 4) is 0 Å². The number of hydrogen-bond donors (Lipinski definition) is 1. The van der Waals surface area contributed by atoms with Crippen molar-refractivity contribution in [1.29, 1.82) is 0 Å². The molecule has 1 amide bonds. The first-order chi connectivity index (χ1) is 13.3. The lowest BCUT2D eigenvalue weighted by atomic mass is 10.1. The highest BCUT2D eigenvalue weighted by atomic mass is 19.4. The van der Waals surface area contributed by atoms with Gasteiger partial charge in [-0.3, -0.25) is 14.6 Å².